The van der Waals surface area contributed by atoms with Crippen molar-refractivity contribution in [1.82, 2.24) is 9.79 Å². The second-order valence-electron chi connectivity index (χ2n) is 6.66. The summed E-state index contributed by atoms with van der Waals surface area (Å²) >= 11 is 0. The van der Waals surface area contributed by atoms with E-state index in [1.807, 2.05) is 0 Å². The summed E-state index contributed by atoms with van der Waals surface area (Å²) in [5, 5.41) is 18.5. The van der Waals surface area contributed by atoms with Crippen LogP contribution in [-0.2, 0) is 21.4 Å². The van der Waals surface area contributed by atoms with Gasteiger partial charge in [-0.15, -0.1) is 0 Å². The smallest absolute Gasteiger partial charge is 0.432 e. The van der Waals surface area contributed by atoms with Crippen LogP contribution in [0.25, 0.3) is 0 Å². The number of nitrogens with zero attached hydrogens (tertiary/aromatic N) is 1. The predicted molar refractivity (Wildman–Crippen MR) is 101 cm³/mol. The van der Waals surface area contributed by atoms with Gasteiger partial charge in [0, 0.05) is 13.0 Å². The Labute approximate surface area is 172 Å². The van der Waals surface area contributed by atoms with Gasteiger partial charge in [0.15, 0.2) is 6.23 Å². The number of hydrogen-bond acceptors (Lipinski definition) is 7. The Morgan fingerprint density at radius 1 is 1.13 bits per heavy atom. The summed E-state index contributed by atoms with van der Waals surface area (Å²) in [4.78, 5) is 11.2. The number of halogens is 1. The molecule has 2 atom stereocenters. The first-order chi connectivity index (χ1) is 14.3. The molecule has 0 radical (unpaired) electrons. The molecule has 0 aromatic heterocycles. The molecule has 1 fully saturated rings. The van der Waals surface area contributed by atoms with Crippen LogP contribution in [0.5, 0.6) is 5.75 Å². The fraction of sp³-hybridized carbons (Fsp3) is 0.316. The van der Waals surface area contributed by atoms with Crippen LogP contribution >= 0.6 is 0 Å². The summed E-state index contributed by atoms with van der Waals surface area (Å²) in [6.07, 6.45) is -2.95. The predicted octanol–water partition coefficient (Wildman–Crippen LogP) is 1.99. The molecule has 0 bridgehead atoms. The van der Waals surface area contributed by atoms with Gasteiger partial charge < -0.3 is 14.6 Å². The van der Waals surface area contributed by atoms with Gasteiger partial charge in [0.05, 0.1) is 11.0 Å². The number of amides is 1. The fourth-order valence-corrected chi connectivity index (χ4v) is 4.58. The van der Waals surface area contributed by atoms with E-state index in [9.17, 15) is 22.7 Å². The van der Waals surface area contributed by atoms with Crippen LogP contribution in [0.15, 0.2) is 53.4 Å². The Morgan fingerprint density at radius 2 is 1.80 bits per heavy atom. The molecule has 0 saturated carbocycles. The number of sulfonamides is 1. The number of benzene rings is 2. The van der Waals surface area contributed by atoms with Gasteiger partial charge in [0.25, 0.3) is 0 Å². The molecule has 3 N–H and O–H groups in total. The summed E-state index contributed by atoms with van der Waals surface area (Å²) in [6, 6.07) is 11.4. The molecule has 0 spiro atoms. The SMILES string of the molecule is O=C(NO)O[C@@H]1CC[C@H](O)CN1S(=O)(=O)c1ccc(OCc2ccc(F)cc2)cc1. The highest BCUT2D eigenvalue weighted by Gasteiger charge is 2.39. The van der Waals surface area contributed by atoms with Crippen molar-refractivity contribution in [3.8, 4) is 5.75 Å². The average Bonchev–Trinajstić information content (AvgIpc) is 2.74. The summed E-state index contributed by atoms with van der Waals surface area (Å²) in [5.41, 5.74) is 2.04. The summed E-state index contributed by atoms with van der Waals surface area (Å²) in [5.74, 6) is 0.0549. The first kappa shape index (κ1) is 22.0. The molecule has 3 rings (SSSR count). The van der Waals surface area contributed by atoms with Crippen molar-refractivity contribution in [2.45, 2.75) is 36.7 Å². The number of hydrogen-bond donors (Lipinski definition) is 3. The zero-order valence-corrected chi connectivity index (χ0v) is 16.6. The molecule has 1 heterocycles. The minimum atomic E-state index is -4.10. The van der Waals surface area contributed by atoms with E-state index in [1.54, 1.807) is 12.1 Å². The number of carbonyl (C=O) groups excluding carboxylic acids is 1. The van der Waals surface area contributed by atoms with Crippen molar-refractivity contribution < 1.29 is 37.4 Å². The highest BCUT2D eigenvalue weighted by atomic mass is 32.2. The standard InChI is InChI=1S/C19H21FN2O7S/c20-14-3-1-13(2-4-14)12-28-16-6-8-17(9-7-16)30(26,27)22-11-15(23)5-10-18(22)29-19(24)21-25/h1-4,6-9,15,18,23,25H,5,10-12H2,(H,21,24)/t15-,18+/m0/s1. The van der Waals surface area contributed by atoms with E-state index < -0.39 is 28.4 Å². The second-order valence-corrected chi connectivity index (χ2v) is 8.55. The Bertz CT molecular complexity index is 967. The monoisotopic (exact) mass is 440 g/mol. The molecule has 11 heteroatoms. The zero-order valence-electron chi connectivity index (χ0n) is 15.8. The molecule has 9 nitrogen and oxygen atoms in total. The van der Waals surface area contributed by atoms with Crippen LogP contribution in [0.3, 0.4) is 0 Å². The van der Waals surface area contributed by atoms with Gasteiger partial charge in [0.2, 0.25) is 10.0 Å². The van der Waals surface area contributed by atoms with Gasteiger partial charge >= 0.3 is 6.09 Å². The van der Waals surface area contributed by atoms with Crippen LogP contribution < -0.4 is 10.2 Å². The second kappa shape index (κ2) is 9.39. The molecule has 1 aliphatic heterocycles. The highest BCUT2D eigenvalue weighted by molar-refractivity contribution is 7.89. The number of hydroxylamine groups is 1. The first-order valence-electron chi connectivity index (χ1n) is 9.07. The van der Waals surface area contributed by atoms with Gasteiger partial charge in [0.1, 0.15) is 18.2 Å². The lowest BCUT2D eigenvalue weighted by Gasteiger charge is -2.35. The van der Waals surface area contributed by atoms with Crippen LogP contribution in [0, 0.1) is 5.82 Å². The number of aliphatic hydroxyl groups excluding tert-OH is 1. The Balaban J connectivity index is 1.72. The number of nitrogens with one attached hydrogen (secondary N) is 1. The maximum atomic E-state index is 13.0. The molecular formula is C19H21FN2O7S. The third-order valence-electron chi connectivity index (χ3n) is 4.54. The van der Waals surface area contributed by atoms with E-state index in [-0.39, 0.29) is 36.7 Å². The summed E-state index contributed by atoms with van der Waals surface area (Å²) in [6.45, 7) is -0.0780. The third-order valence-corrected chi connectivity index (χ3v) is 6.41. The first-order valence-corrected chi connectivity index (χ1v) is 10.5. The fourth-order valence-electron chi connectivity index (χ4n) is 3.01. The number of aliphatic hydroxyl groups is 1. The van der Waals surface area contributed by atoms with E-state index >= 15 is 0 Å². The Morgan fingerprint density at radius 3 is 2.43 bits per heavy atom. The van der Waals surface area contributed by atoms with Gasteiger partial charge in [-0.3, -0.25) is 5.21 Å². The largest absolute Gasteiger partial charge is 0.489 e. The molecule has 30 heavy (non-hydrogen) atoms. The molecule has 0 aliphatic carbocycles. The Hall–Kier alpha value is -2.73. The van der Waals surface area contributed by atoms with E-state index in [2.05, 4.69) is 0 Å². The molecule has 1 saturated heterocycles. The number of rotatable bonds is 6. The van der Waals surface area contributed by atoms with Crippen LogP contribution in [0.2, 0.25) is 0 Å². The van der Waals surface area contributed by atoms with Gasteiger partial charge in [-0.1, -0.05) is 12.1 Å². The molecular weight excluding hydrogens is 419 g/mol. The lowest BCUT2D eigenvalue weighted by atomic mass is 10.1. The zero-order chi connectivity index (χ0) is 21.7. The van der Waals surface area contributed by atoms with E-state index in [0.717, 1.165) is 9.87 Å². The van der Waals surface area contributed by atoms with Crippen molar-refractivity contribution in [2.75, 3.05) is 6.54 Å². The summed E-state index contributed by atoms with van der Waals surface area (Å²) in [7, 11) is -4.10. The van der Waals surface area contributed by atoms with Crippen LogP contribution in [0.1, 0.15) is 18.4 Å². The van der Waals surface area contributed by atoms with Gasteiger partial charge in [-0.25, -0.2) is 23.1 Å². The van der Waals surface area contributed by atoms with E-state index in [4.69, 9.17) is 14.7 Å². The lowest BCUT2D eigenvalue weighted by molar-refractivity contribution is -0.0392. The highest BCUT2D eigenvalue weighted by Crippen LogP contribution is 2.27. The van der Waals surface area contributed by atoms with Crippen molar-refractivity contribution in [1.29, 1.82) is 0 Å². The normalized spacial score (nSPS) is 19.8. The number of piperidine rings is 1. The lowest BCUT2D eigenvalue weighted by Crippen LogP contribution is -2.51. The number of β-amino-alcohol motifs (C(OH)–C–C–N with tert-alkyl or cyclic N) is 1. The number of carbonyl (C=O) groups is 1. The van der Waals surface area contributed by atoms with E-state index in [1.165, 1.54) is 41.9 Å². The van der Waals surface area contributed by atoms with Crippen LogP contribution in [-0.4, -0.2) is 48.0 Å². The van der Waals surface area contributed by atoms with Gasteiger partial charge in [-0.2, -0.15) is 4.31 Å². The van der Waals surface area contributed by atoms with Gasteiger partial charge in [-0.05, 0) is 48.4 Å². The van der Waals surface area contributed by atoms with E-state index in [0.29, 0.717) is 5.75 Å². The number of ether oxygens (including phenoxy) is 2. The maximum Gasteiger partial charge on any atom is 0.432 e. The third kappa shape index (κ3) is 5.25. The van der Waals surface area contributed by atoms with Crippen molar-refractivity contribution in [2.24, 2.45) is 0 Å². The topological polar surface area (TPSA) is 125 Å². The molecule has 1 aliphatic rings. The van der Waals surface area contributed by atoms with Crippen LogP contribution in [0.4, 0.5) is 9.18 Å². The molecule has 162 valence electrons. The summed E-state index contributed by atoms with van der Waals surface area (Å²) < 4.78 is 50.3. The molecule has 1 amide bonds. The van der Waals surface area contributed by atoms with Crippen molar-refractivity contribution in [3.05, 3.63) is 59.9 Å². The quantitative estimate of drug-likeness (QED) is 0.463. The minimum Gasteiger partial charge on any atom is -0.489 e. The van der Waals surface area contributed by atoms with Crippen molar-refractivity contribution >= 4 is 16.1 Å². The Kier molecular flexibility index (Phi) is 6.87. The minimum absolute atomic E-state index is 0.0761. The van der Waals surface area contributed by atoms with Crippen molar-refractivity contribution in [3.63, 3.8) is 0 Å². The maximum absolute atomic E-state index is 13.0. The molecule has 2 aromatic rings. The molecule has 0 unspecified atom stereocenters. The average molecular weight is 440 g/mol. The molecule has 2 aromatic carbocycles.